The summed E-state index contributed by atoms with van der Waals surface area (Å²) in [5.74, 6) is 4.53. The summed E-state index contributed by atoms with van der Waals surface area (Å²) in [5.41, 5.74) is 0. The molecule has 7 nitrogen and oxygen atoms in total. The number of aliphatic imine (C=N–C) groups is 1. The summed E-state index contributed by atoms with van der Waals surface area (Å²) in [6, 6.07) is 0.787. The van der Waals surface area contributed by atoms with Crippen molar-refractivity contribution >= 4 is 5.96 Å². The van der Waals surface area contributed by atoms with Gasteiger partial charge < -0.3 is 14.7 Å². The van der Waals surface area contributed by atoms with E-state index in [1.54, 1.807) is 0 Å². The van der Waals surface area contributed by atoms with E-state index in [0.717, 1.165) is 68.8 Å². The third kappa shape index (κ3) is 5.93. The molecule has 0 aromatic carbocycles. The Labute approximate surface area is 176 Å². The molecule has 0 bridgehead atoms. The number of hydrogen-bond acceptors (Lipinski definition) is 5. The monoisotopic (exact) mass is 404 g/mol. The quantitative estimate of drug-likeness (QED) is 0.580. The van der Waals surface area contributed by atoms with Gasteiger partial charge in [-0.05, 0) is 37.5 Å². The maximum atomic E-state index is 5.33. The molecule has 1 aromatic heterocycles. The lowest BCUT2D eigenvalue weighted by atomic mass is 9.79. The summed E-state index contributed by atoms with van der Waals surface area (Å²) >= 11 is 0. The third-order valence-electron chi connectivity index (χ3n) is 6.65. The van der Waals surface area contributed by atoms with E-state index in [4.69, 9.17) is 4.52 Å². The Bertz CT molecular complexity index is 639. The van der Waals surface area contributed by atoms with Crippen molar-refractivity contribution in [1.29, 1.82) is 0 Å². The molecule has 2 fully saturated rings. The van der Waals surface area contributed by atoms with E-state index in [0.29, 0.717) is 11.8 Å². The van der Waals surface area contributed by atoms with E-state index in [9.17, 15) is 0 Å². The van der Waals surface area contributed by atoms with E-state index in [-0.39, 0.29) is 0 Å². The van der Waals surface area contributed by atoms with Crippen molar-refractivity contribution in [2.24, 2.45) is 16.8 Å². The standard InChI is InChI=1S/C22H40N6O/c1-16(2)18-6-8-19(9-7-18)27-12-14-28(15-13-27)22(23-5)24-11-10-20-25-21(17(3)4)26-29-20/h16-19H,6-15H2,1-5H3,(H,23,24). The molecule has 1 N–H and O–H groups in total. The van der Waals surface area contributed by atoms with Crippen LogP contribution in [0, 0.1) is 11.8 Å². The molecule has 0 spiro atoms. The van der Waals surface area contributed by atoms with Crippen LogP contribution in [0.15, 0.2) is 9.52 Å². The zero-order chi connectivity index (χ0) is 20.8. The third-order valence-corrected chi connectivity index (χ3v) is 6.65. The molecule has 1 aromatic rings. The maximum Gasteiger partial charge on any atom is 0.228 e. The molecule has 0 unspecified atom stereocenters. The van der Waals surface area contributed by atoms with Gasteiger partial charge in [-0.3, -0.25) is 9.89 Å². The molecular weight excluding hydrogens is 364 g/mol. The molecule has 0 atom stereocenters. The summed E-state index contributed by atoms with van der Waals surface area (Å²) in [6.45, 7) is 14.0. The maximum absolute atomic E-state index is 5.33. The number of guanidine groups is 1. The molecule has 0 amide bonds. The molecule has 164 valence electrons. The van der Waals surface area contributed by atoms with Crippen LogP contribution >= 0.6 is 0 Å². The lowest BCUT2D eigenvalue weighted by molar-refractivity contribution is 0.0864. The van der Waals surface area contributed by atoms with Gasteiger partial charge in [0.15, 0.2) is 11.8 Å². The number of nitrogens with one attached hydrogen (secondary N) is 1. The minimum atomic E-state index is 0.296. The first-order chi connectivity index (χ1) is 14.0. The van der Waals surface area contributed by atoms with Crippen molar-refractivity contribution in [3.63, 3.8) is 0 Å². The molecular formula is C22H40N6O. The van der Waals surface area contributed by atoms with E-state index in [1.165, 1.54) is 25.7 Å². The Morgan fingerprint density at radius 2 is 1.79 bits per heavy atom. The Morgan fingerprint density at radius 1 is 1.10 bits per heavy atom. The highest BCUT2D eigenvalue weighted by atomic mass is 16.5. The van der Waals surface area contributed by atoms with Crippen LogP contribution in [0.25, 0.3) is 0 Å². The fourth-order valence-electron chi connectivity index (χ4n) is 4.65. The number of aromatic nitrogens is 2. The average molecular weight is 405 g/mol. The van der Waals surface area contributed by atoms with Gasteiger partial charge in [-0.1, -0.05) is 32.9 Å². The van der Waals surface area contributed by atoms with Gasteiger partial charge in [0.2, 0.25) is 5.89 Å². The van der Waals surface area contributed by atoms with Crippen molar-refractivity contribution in [3.8, 4) is 0 Å². The van der Waals surface area contributed by atoms with E-state index < -0.39 is 0 Å². The molecule has 1 saturated carbocycles. The lowest BCUT2D eigenvalue weighted by Gasteiger charge is -2.43. The summed E-state index contributed by atoms with van der Waals surface area (Å²) in [4.78, 5) is 14.0. The highest BCUT2D eigenvalue weighted by molar-refractivity contribution is 5.80. The second kappa shape index (κ2) is 10.4. The van der Waals surface area contributed by atoms with Crippen molar-refractivity contribution in [3.05, 3.63) is 11.7 Å². The predicted octanol–water partition coefficient (Wildman–Crippen LogP) is 3.14. The van der Waals surface area contributed by atoms with E-state index in [2.05, 4.69) is 57.9 Å². The zero-order valence-electron chi connectivity index (χ0n) is 19.0. The number of hydrogen-bond donors (Lipinski definition) is 1. The first-order valence-electron chi connectivity index (χ1n) is 11.5. The molecule has 1 aliphatic carbocycles. The molecule has 1 saturated heterocycles. The van der Waals surface area contributed by atoms with Crippen molar-refractivity contribution in [2.75, 3.05) is 39.8 Å². The molecule has 7 heteroatoms. The first-order valence-corrected chi connectivity index (χ1v) is 11.5. The minimum Gasteiger partial charge on any atom is -0.356 e. The van der Waals surface area contributed by atoms with Crippen LogP contribution in [0.4, 0.5) is 0 Å². The number of rotatable bonds is 6. The molecule has 3 rings (SSSR count). The minimum absolute atomic E-state index is 0.296. The summed E-state index contributed by atoms with van der Waals surface area (Å²) < 4.78 is 5.33. The summed E-state index contributed by atoms with van der Waals surface area (Å²) in [7, 11) is 1.87. The number of nitrogens with zero attached hydrogens (tertiary/aromatic N) is 5. The Morgan fingerprint density at radius 3 is 2.34 bits per heavy atom. The fourth-order valence-corrected chi connectivity index (χ4v) is 4.65. The smallest absolute Gasteiger partial charge is 0.228 e. The normalized spacial score (nSPS) is 24.5. The van der Waals surface area contributed by atoms with E-state index >= 15 is 0 Å². The highest BCUT2D eigenvalue weighted by Crippen LogP contribution is 2.32. The van der Waals surface area contributed by atoms with Crippen molar-refractivity contribution in [1.82, 2.24) is 25.3 Å². The highest BCUT2D eigenvalue weighted by Gasteiger charge is 2.29. The van der Waals surface area contributed by atoms with Crippen molar-refractivity contribution < 1.29 is 4.52 Å². The van der Waals surface area contributed by atoms with Crippen LogP contribution in [0.5, 0.6) is 0 Å². The van der Waals surface area contributed by atoms with Crippen LogP contribution in [0.3, 0.4) is 0 Å². The molecule has 2 heterocycles. The Balaban J connectivity index is 1.39. The Kier molecular flexibility index (Phi) is 7.92. The van der Waals surface area contributed by atoms with Crippen LogP contribution in [-0.2, 0) is 6.42 Å². The van der Waals surface area contributed by atoms with Gasteiger partial charge in [-0.2, -0.15) is 4.98 Å². The lowest BCUT2D eigenvalue weighted by Crippen LogP contribution is -2.55. The molecule has 0 radical (unpaired) electrons. The van der Waals surface area contributed by atoms with Gasteiger partial charge in [0, 0.05) is 58.2 Å². The average Bonchev–Trinajstić information content (AvgIpc) is 3.21. The molecule has 29 heavy (non-hydrogen) atoms. The van der Waals surface area contributed by atoms with Crippen molar-refractivity contribution in [2.45, 2.75) is 71.8 Å². The van der Waals surface area contributed by atoms with Gasteiger partial charge in [0.05, 0.1) is 0 Å². The van der Waals surface area contributed by atoms with Gasteiger partial charge >= 0.3 is 0 Å². The van der Waals surface area contributed by atoms with Crippen LogP contribution in [0.2, 0.25) is 0 Å². The molecule has 2 aliphatic rings. The SMILES string of the molecule is CN=C(NCCc1nc(C(C)C)no1)N1CCN(C2CCC(C(C)C)CC2)CC1. The molecule has 1 aliphatic heterocycles. The summed E-state index contributed by atoms with van der Waals surface area (Å²) in [6.07, 6.45) is 6.27. The number of piperazine rings is 1. The van der Waals surface area contributed by atoms with Crippen LogP contribution in [0.1, 0.15) is 71.0 Å². The van der Waals surface area contributed by atoms with Crippen LogP contribution < -0.4 is 5.32 Å². The largest absolute Gasteiger partial charge is 0.356 e. The predicted molar refractivity (Wildman–Crippen MR) is 117 cm³/mol. The van der Waals surface area contributed by atoms with Gasteiger partial charge in [0.25, 0.3) is 0 Å². The van der Waals surface area contributed by atoms with Gasteiger partial charge in [-0.15, -0.1) is 0 Å². The second-order valence-corrected chi connectivity index (χ2v) is 9.26. The zero-order valence-corrected chi connectivity index (χ0v) is 19.0. The fraction of sp³-hybridized carbons (Fsp3) is 0.864. The Hall–Kier alpha value is -1.63. The van der Waals surface area contributed by atoms with Crippen LogP contribution in [-0.4, -0.2) is 71.7 Å². The topological polar surface area (TPSA) is 69.8 Å². The summed E-state index contributed by atoms with van der Waals surface area (Å²) in [5, 5.41) is 7.50. The van der Waals surface area contributed by atoms with E-state index in [1.807, 2.05) is 7.05 Å². The van der Waals surface area contributed by atoms with Gasteiger partial charge in [0.1, 0.15) is 0 Å². The van der Waals surface area contributed by atoms with Gasteiger partial charge in [-0.25, -0.2) is 0 Å². The first kappa shape index (κ1) is 22.1. The second-order valence-electron chi connectivity index (χ2n) is 9.26.